The first-order valence-corrected chi connectivity index (χ1v) is 5.38. The molecule has 94 valence electrons. The van der Waals surface area contributed by atoms with Crippen molar-refractivity contribution in [2.24, 2.45) is 0 Å². The molecule has 0 saturated heterocycles. The summed E-state index contributed by atoms with van der Waals surface area (Å²) >= 11 is 0. The Morgan fingerprint density at radius 1 is 1.59 bits per heavy atom. The van der Waals surface area contributed by atoms with Crippen molar-refractivity contribution < 1.29 is 14.6 Å². The molecule has 0 heterocycles. The predicted molar refractivity (Wildman–Crippen MR) is 66.9 cm³/mol. The van der Waals surface area contributed by atoms with Gasteiger partial charge < -0.3 is 20.9 Å². The van der Waals surface area contributed by atoms with E-state index in [4.69, 9.17) is 10.5 Å². The fourth-order valence-electron chi connectivity index (χ4n) is 1.32. The van der Waals surface area contributed by atoms with Crippen molar-refractivity contribution in [1.29, 1.82) is 0 Å². The fraction of sp³-hybridized carbons (Fsp3) is 0.417. The number of methoxy groups -OCH3 is 1. The van der Waals surface area contributed by atoms with Crippen LogP contribution in [0.2, 0.25) is 0 Å². The Labute approximate surface area is 101 Å². The molecule has 17 heavy (non-hydrogen) atoms. The normalized spacial score (nSPS) is 14.1. The van der Waals surface area contributed by atoms with Gasteiger partial charge in [-0.2, -0.15) is 0 Å². The van der Waals surface area contributed by atoms with Crippen LogP contribution in [0.1, 0.15) is 20.3 Å². The third-order valence-electron chi connectivity index (χ3n) is 2.89. The first-order chi connectivity index (χ1) is 7.92. The number of hydrogen-bond acceptors (Lipinski definition) is 4. The monoisotopic (exact) mass is 238 g/mol. The molecule has 5 nitrogen and oxygen atoms in total. The van der Waals surface area contributed by atoms with E-state index >= 15 is 0 Å². The molecule has 0 saturated carbocycles. The summed E-state index contributed by atoms with van der Waals surface area (Å²) in [6.07, 6.45) is 0.549. The quantitative estimate of drug-likeness (QED) is 0.551. The van der Waals surface area contributed by atoms with Gasteiger partial charge in [0.15, 0.2) is 0 Å². The lowest BCUT2D eigenvalue weighted by Crippen LogP contribution is -2.41. The molecule has 4 N–H and O–H groups in total. The highest BCUT2D eigenvalue weighted by molar-refractivity contribution is 5.99. The van der Waals surface area contributed by atoms with E-state index in [2.05, 4.69) is 5.32 Å². The molecule has 1 rings (SSSR count). The van der Waals surface area contributed by atoms with Gasteiger partial charge in [-0.1, -0.05) is 6.92 Å². The second kappa shape index (κ2) is 5.05. The third kappa shape index (κ3) is 2.88. The van der Waals surface area contributed by atoms with E-state index in [0.717, 1.165) is 0 Å². The van der Waals surface area contributed by atoms with E-state index in [1.54, 1.807) is 13.0 Å². The molecule has 0 fully saturated rings. The van der Waals surface area contributed by atoms with Crippen molar-refractivity contribution in [2.45, 2.75) is 25.9 Å². The first kappa shape index (κ1) is 13.3. The highest BCUT2D eigenvalue weighted by Gasteiger charge is 2.31. The summed E-state index contributed by atoms with van der Waals surface area (Å²) in [5.41, 5.74) is 5.57. The number of carbonyl (C=O) groups is 1. The van der Waals surface area contributed by atoms with Gasteiger partial charge in [0.2, 0.25) is 0 Å². The number of amides is 1. The molecule has 0 aliphatic rings. The maximum absolute atomic E-state index is 12.0. The van der Waals surface area contributed by atoms with Gasteiger partial charge in [-0.25, -0.2) is 0 Å². The average Bonchev–Trinajstić information content (AvgIpc) is 2.31. The Kier molecular flexibility index (Phi) is 3.96. The van der Waals surface area contributed by atoms with E-state index in [0.29, 0.717) is 17.8 Å². The Balaban J connectivity index is 2.88. The summed E-state index contributed by atoms with van der Waals surface area (Å²) in [6.45, 7) is 3.57. The van der Waals surface area contributed by atoms with Crippen molar-refractivity contribution in [3.63, 3.8) is 0 Å². The summed E-state index contributed by atoms with van der Waals surface area (Å²) in [7, 11) is 1.49. The van der Waals surface area contributed by atoms with Gasteiger partial charge in [0, 0.05) is 13.2 Å². The van der Waals surface area contributed by atoms with Crippen molar-refractivity contribution in [3.05, 3.63) is 18.2 Å². The number of phenols is 1. The smallest absolute Gasteiger partial charge is 0.256 e. The van der Waals surface area contributed by atoms with Crippen LogP contribution in [0.25, 0.3) is 0 Å². The van der Waals surface area contributed by atoms with E-state index in [9.17, 15) is 9.90 Å². The molecule has 1 unspecified atom stereocenters. The van der Waals surface area contributed by atoms with Gasteiger partial charge in [-0.05, 0) is 25.5 Å². The number of hydrogen-bond donors (Lipinski definition) is 3. The van der Waals surface area contributed by atoms with Gasteiger partial charge in [-0.3, -0.25) is 4.79 Å². The average molecular weight is 238 g/mol. The van der Waals surface area contributed by atoms with Gasteiger partial charge in [-0.15, -0.1) is 0 Å². The zero-order chi connectivity index (χ0) is 13.1. The highest BCUT2D eigenvalue weighted by atomic mass is 16.5. The van der Waals surface area contributed by atoms with E-state index in [1.807, 2.05) is 6.92 Å². The van der Waals surface area contributed by atoms with Crippen molar-refractivity contribution in [2.75, 3.05) is 18.2 Å². The topological polar surface area (TPSA) is 84.6 Å². The molecule has 1 amide bonds. The van der Waals surface area contributed by atoms with Crippen LogP contribution in [-0.4, -0.2) is 23.7 Å². The number of aromatic hydroxyl groups is 1. The number of ether oxygens (including phenoxy) is 1. The Morgan fingerprint density at radius 3 is 2.71 bits per heavy atom. The Bertz CT molecular complexity index is 414. The van der Waals surface area contributed by atoms with Crippen molar-refractivity contribution in [3.8, 4) is 5.75 Å². The molecule has 1 aromatic rings. The summed E-state index contributed by atoms with van der Waals surface area (Å²) in [5.74, 6) is -0.203. The summed E-state index contributed by atoms with van der Waals surface area (Å²) in [6, 6.07) is 4.39. The number of carbonyl (C=O) groups excluding carboxylic acids is 1. The van der Waals surface area contributed by atoms with Crippen molar-refractivity contribution >= 4 is 17.3 Å². The second-order valence-electron chi connectivity index (χ2n) is 4.01. The van der Waals surface area contributed by atoms with Crippen LogP contribution in [0.3, 0.4) is 0 Å². The molecule has 0 spiro atoms. The summed E-state index contributed by atoms with van der Waals surface area (Å²) in [5, 5.41) is 11.9. The van der Waals surface area contributed by atoms with Crippen LogP contribution in [0.4, 0.5) is 11.4 Å². The lowest BCUT2D eigenvalue weighted by Gasteiger charge is -2.25. The lowest BCUT2D eigenvalue weighted by molar-refractivity contribution is -0.136. The molecule has 1 aromatic carbocycles. The molecule has 0 aliphatic heterocycles. The molecular formula is C12H18N2O3. The third-order valence-corrected chi connectivity index (χ3v) is 2.89. The van der Waals surface area contributed by atoms with Crippen LogP contribution < -0.4 is 11.1 Å². The lowest BCUT2D eigenvalue weighted by atomic mass is 10.0. The van der Waals surface area contributed by atoms with Crippen LogP contribution >= 0.6 is 0 Å². The minimum atomic E-state index is -0.885. The van der Waals surface area contributed by atoms with Crippen LogP contribution in [0, 0.1) is 0 Å². The van der Waals surface area contributed by atoms with Crippen molar-refractivity contribution in [1.82, 2.24) is 0 Å². The number of anilines is 2. The zero-order valence-electron chi connectivity index (χ0n) is 10.3. The first-order valence-electron chi connectivity index (χ1n) is 5.38. The highest BCUT2D eigenvalue weighted by Crippen LogP contribution is 2.25. The molecule has 0 aromatic heterocycles. The van der Waals surface area contributed by atoms with E-state index in [-0.39, 0.29) is 11.7 Å². The molecule has 1 atom stereocenters. The minimum absolute atomic E-state index is 0.0606. The number of nitrogen functional groups attached to an aromatic ring is 1. The number of nitrogens with one attached hydrogen (secondary N) is 1. The second-order valence-corrected chi connectivity index (χ2v) is 4.01. The predicted octanol–water partition coefficient (Wildman–Crippen LogP) is 1.73. The number of phenolic OH excluding ortho intramolecular Hbond substituents is 1. The molecular weight excluding hydrogens is 220 g/mol. The molecule has 5 heteroatoms. The molecule has 0 bridgehead atoms. The Morgan fingerprint density at radius 2 is 2.24 bits per heavy atom. The minimum Gasteiger partial charge on any atom is -0.508 e. The largest absolute Gasteiger partial charge is 0.508 e. The maximum atomic E-state index is 12.0. The van der Waals surface area contributed by atoms with Gasteiger partial charge >= 0.3 is 0 Å². The number of benzene rings is 1. The SMILES string of the molecule is CCC(C)(OC)C(=O)Nc1ccc(O)cc1N. The Hall–Kier alpha value is -1.75. The summed E-state index contributed by atoms with van der Waals surface area (Å²) < 4.78 is 5.18. The molecule has 0 aliphatic carbocycles. The number of rotatable bonds is 4. The fourth-order valence-corrected chi connectivity index (χ4v) is 1.32. The van der Waals surface area contributed by atoms with E-state index in [1.165, 1.54) is 19.2 Å². The molecule has 0 radical (unpaired) electrons. The van der Waals surface area contributed by atoms with Gasteiger partial charge in [0.1, 0.15) is 11.4 Å². The maximum Gasteiger partial charge on any atom is 0.256 e. The van der Waals surface area contributed by atoms with Gasteiger partial charge in [0.05, 0.1) is 11.4 Å². The zero-order valence-corrected chi connectivity index (χ0v) is 10.3. The van der Waals surface area contributed by atoms with Crippen LogP contribution in [-0.2, 0) is 9.53 Å². The van der Waals surface area contributed by atoms with E-state index < -0.39 is 5.60 Å². The summed E-state index contributed by atoms with van der Waals surface area (Å²) in [4.78, 5) is 12.0. The van der Waals surface area contributed by atoms with Crippen LogP contribution in [0.5, 0.6) is 5.75 Å². The van der Waals surface area contributed by atoms with Crippen LogP contribution in [0.15, 0.2) is 18.2 Å². The number of nitrogens with two attached hydrogens (primary N) is 1. The standard InChI is InChI=1S/C12H18N2O3/c1-4-12(2,17-3)11(16)14-10-6-5-8(15)7-9(10)13/h5-7,15H,4,13H2,1-3H3,(H,14,16). The van der Waals surface area contributed by atoms with Gasteiger partial charge in [0.25, 0.3) is 5.91 Å².